The van der Waals surface area contributed by atoms with E-state index in [0.29, 0.717) is 0 Å². The molecule has 2 heterocycles. The lowest BCUT2D eigenvalue weighted by molar-refractivity contribution is 0.684. The summed E-state index contributed by atoms with van der Waals surface area (Å²) >= 11 is 3.37. The van der Waals surface area contributed by atoms with Crippen LogP contribution >= 0.6 is 22.7 Å². The molecule has 2 aromatic heterocycles. The second-order valence-corrected chi connectivity index (χ2v) is 4.21. The number of hydrogen-bond acceptors (Lipinski definition) is 4. The van der Waals surface area contributed by atoms with Crippen LogP contribution < -0.4 is 5.32 Å². The third kappa shape index (κ3) is 2.62. The Hall–Kier alpha value is -0.710. The van der Waals surface area contributed by atoms with Gasteiger partial charge in [-0.15, -0.1) is 11.3 Å². The van der Waals surface area contributed by atoms with Crippen LogP contribution in [0.3, 0.4) is 0 Å². The molecule has 0 aromatic carbocycles. The molecule has 0 unspecified atom stereocenters. The number of thiophene rings is 1. The molecular weight excluding hydrogens is 200 g/mol. The summed E-state index contributed by atoms with van der Waals surface area (Å²) in [6.07, 6.45) is 0. The van der Waals surface area contributed by atoms with E-state index in [2.05, 4.69) is 32.5 Å². The number of nitrogens with one attached hydrogen (secondary N) is 1. The number of nitrogens with zero attached hydrogens (tertiary/aromatic N) is 1. The maximum Gasteiger partial charge on any atom is 0.0795 e. The number of hydrogen-bond donors (Lipinski definition) is 1. The summed E-state index contributed by atoms with van der Waals surface area (Å²) in [6.45, 7) is 1.79. The van der Waals surface area contributed by atoms with E-state index in [9.17, 15) is 0 Å². The third-order valence-corrected chi connectivity index (χ3v) is 3.07. The smallest absolute Gasteiger partial charge is 0.0795 e. The second-order valence-electron chi connectivity index (χ2n) is 2.71. The molecule has 4 heteroatoms. The van der Waals surface area contributed by atoms with Gasteiger partial charge in [0.2, 0.25) is 0 Å². The number of aromatic nitrogens is 1. The van der Waals surface area contributed by atoms with E-state index in [1.165, 1.54) is 5.56 Å². The minimum atomic E-state index is 0.860. The molecule has 0 saturated carbocycles. The van der Waals surface area contributed by atoms with Gasteiger partial charge in [0.25, 0.3) is 0 Å². The van der Waals surface area contributed by atoms with Crippen molar-refractivity contribution in [1.29, 1.82) is 0 Å². The average molecular weight is 210 g/mol. The predicted octanol–water partition coefficient (Wildman–Crippen LogP) is 2.49. The molecule has 2 nitrogen and oxygen atoms in total. The molecule has 0 amide bonds. The Morgan fingerprint density at radius 2 is 2.23 bits per heavy atom. The lowest BCUT2D eigenvalue weighted by Gasteiger charge is -1.99. The highest BCUT2D eigenvalue weighted by atomic mass is 32.1. The van der Waals surface area contributed by atoms with Crippen LogP contribution in [0.1, 0.15) is 11.3 Å². The monoisotopic (exact) mass is 210 g/mol. The Labute approximate surface area is 85.3 Å². The summed E-state index contributed by atoms with van der Waals surface area (Å²) in [5, 5.41) is 9.67. The molecular formula is C9H10N2S2. The van der Waals surface area contributed by atoms with Gasteiger partial charge in [-0.2, -0.15) is 11.3 Å². The second kappa shape index (κ2) is 4.50. The topological polar surface area (TPSA) is 24.9 Å². The first kappa shape index (κ1) is 8.87. The molecule has 2 rings (SSSR count). The van der Waals surface area contributed by atoms with Crippen LogP contribution in [0, 0.1) is 0 Å². The molecule has 0 radical (unpaired) electrons. The van der Waals surface area contributed by atoms with Crippen LogP contribution in [0.15, 0.2) is 27.7 Å². The van der Waals surface area contributed by atoms with Crippen LogP contribution in [0.2, 0.25) is 0 Å². The molecule has 0 aliphatic carbocycles. The molecule has 0 fully saturated rings. The quantitative estimate of drug-likeness (QED) is 0.838. The van der Waals surface area contributed by atoms with Crippen molar-refractivity contribution in [3.05, 3.63) is 39.0 Å². The zero-order chi connectivity index (χ0) is 8.93. The summed E-state index contributed by atoms with van der Waals surface area (Å²) in [6, 6.07) is 2.14. The molecule has 68 valence electrons. The van der Waals surface area contributed by atoms with Gasteiger partial charge in [0.1, 0.15) is 0 Å². The molecule has 0 aliphatic rings. The van der Waals surface area contributed by atoms with Crippen LogP contribution in [0.25, 0.3) is 0 Å². The van der Waals surface area contributed by atoms with Crippen molar-refractivity contribution in [1.82, 2.24) is 10.3 Å². The lowest BCUT2D eigenvalue weighted by atomic mass is 10.3. The van der Waals surface area contributed by atoms with Crippen LogP contribution in [-0.4, -0.2) is 4.98 Å². The molecule has 0 atom stereocenters. The fourth-order valence-corrected chi connectivity index (χ4v) is 2.28. The first-order valence-corrected chi connectivity index (χ1v) is 5.92. The summed E-state index contributed by atoms with van der Waals surface area (Å²) in [4.78, 5) is 4.19. The Balaban J connectivity index is 1.76. The summed E-state index contributed by atoms with van der Waals surface area (Å²) in [7, 11) is 0. The molecule has 0 saturated heterocycles. The number of rotatable bonds is 4. The van der Waals surface area contributed by atoms with Gasteiger partial charge in [0.05, 0.1) is 11.2 Å². The van der Waals surface area contributed by atoms with Gasteiger partial charge in [-0.1, -0.05) is 0 Å². The van der Waals surface area contributed by atoms with E-state index in [1.54, 1.807) is 22.7 Å². The van der Waals surface area contributed by atoms with Crippen molar-refractivity contribution in [2.45, 2.75) is 13.1 Å². The van der Waals surface area contributed by atoms with Gasteiger partial charge in [-0.25, -0.2) is 4.98 Å². The molecule has 0 aliphatic heterocycles. The SMILES string of the molecule is c1cc(CNCc2cscn2)cs1. The fourth-order valence-electron chi connectivity index (χ4n) is 1.05. The van der Waals surface area contributed by atoms with Crippen LogP contribution in [0.4, 0.5) is 0 Å². The first-order valence-electron chi connectivity index (χ1n) is 4.04. The molecule has 0 spiro atoms. The largest absolute Gasteiger partial charge is 0.307 e. The first-order chi connectivity index (χ1) is 6.45. The summed E-state index contributed by atoms with van der Waals surface area (Å²) in [5.41, 5.74) is 4.34. The molecule has 0 bridgehead atoms. The highest BCUT2D eigenvalue weighted by Gasteiger charge is 1.95. The van der Waals surface area contributed by atoms with Gasteiger partial charge < -0.3 is 5.32 Å². The maximum atomic E-state index is 4.19. The van der Waals surface area contributed by atoms with Gasteiger partial charge in [0, 0.05) is 18.5 Å². The Morgan fingerprint density at radius 3 is 2.92 bits per heavy atom. The van der Waals surface area contributed by atoms with Gasteiger partial charge in [0.15, 0.2) is 0 Å². The number of thiazole rings is 1. The zero-order valence-electron chi connectivity index (χ0n) is 7.06. The van der Waals surface area contributed by atoms with Crippen molar-refractivity contribution >= 4 is 22.7 Å². The predicted molar refractivity (Wildman–Crippen MR) is 57.0 cm³/mol. The lowest BCUT2D eigenvalue weighted by Crippen LogP contribution is -2.12. The van der Waals surface area contributed by atoms with Crippen molar-refractivity contribution in [3.63, 3.8) is 0 Å². The van der Waals surface area contributed by atoms with E-state index in [4.69, 9.17) is 0 Å². The van der Waals surface area contributed by atoms with Gasteiger partial charge in [-0.3, -0.25) is 0 Å². The molecule has 1 N–H and O–H groups in total. The molecule has 2 aromatic rings. The minimum absolute atomic E-state index is 0.860. The maximum absolute atomic E-state index is 4.19. The third-order valence-electron chi connectivity index (χ3n) is 1.70. The standard InChI is InChI=1S/C9H10N2S2/c1-2-12-5-8(1)3-10-4-9-6-13-7-11-9/h1-2,5-7,10H,3-4H2. The fraction of sp³-hybridized carbons (Fsp3) is 0.222. The Kier molecular flexibility index (Phi) is 3.07. The summed E-state index contributed by atoms with van der Waals surface area (Å²) < 4.78 is 0. The summed E-state index contributed by atoms with van der Waals surface area (Å²) in [5.74, 6) is 0. The molecule has 13 heavy (non-hydrogen) atoms. The van der Waals surface area contributed by atoms with Crippen molar-refractivity contribution < 1.29 is 0 Å². The normalized spacial score (nSPS) is 10.5. The van der Waals surface area contributed by atoms with E-state index >= 15 is 0 Å². The highest BCUT2D eigenvalue weighted by Crippen LogP contribution is 2.06. The minimum Gasteiger partial charge on any atom is -0.307 e. The average Bonchev–Trinajstić information content (AvgIpc) is 2.75. The van der Waals surface area contributed by atoms with Gasteiger partial charge in [-0.05, 0) is 22.4 Å². The van der Waals surface area contributed by atoms with E-state index in [1.807, 2.05) is 5.51 Å². The zero-order valence-corrected chi connectivity index (χ0v) is 8.70. The Morgan fingerprint density at radius 1 is 1.23 bits per heavy atom. The Bertz CT molecular complexity index is 292. The van der Waals surface area contributed by atoms with Crippen molar-refractivity contribution in [2.75, 3.05) is 0 Å². The van der Waals surface area contributed by atoms with E-state index < -0.39 is 0 Å². The van der Waals surface area contributed by atoms with Crippen molar-refractivity contribution in [2.24, 2.45) is 0 Å². The van der Waals surface area contributed by atoms with Crippen molar-refractivity contribution in [3.8, 4) is 0 Å². The van der Waals surface area contributed by atoms with E-state index in [0.717, 1.165) is 18.8 Å². The van der Waals surface area contributed by atoms with E-state index in [-0.39, 0.29) is 0 Å². The van der Waals surface area contributed by atoms with Crippen LogP contribution in [-0.2, 0) is 13.1 Å². The highest BCUT2D eigenvalue weighted by molar-refractivity contribution is 7.08. The van der Waals surface area contributed by atoms with Crippen LogP contribution in [0.5, 0.6) is 0 Å². The van der Waals surface area contributed by atoms with Gasteiger partial charge >= 0.3 is 0 Å².